The smallest absolute Gasteiger partial charge is 0.399 e. The lowest BCUT2D eigenvalue weighted by atomic mass is 9.98. The number of nitrogens with zero attached hydrogens (tertiary/aromatic N) is 3. The van der Waals surface area contributed by atoms with Crippen molar-refractivity contribution in [2.75, 3.05) is 43.4 Å². The van der Waals surface area contributed by atoms with Gasteiger partial charge in [0, 0.05) is 37.3 Å². The van der Waals surface area contributed by atoms with Crippen molar-refractivity contribution in [3.05, 3.63) is 60.2 Å². The first-order chi connectivity index (χ1) is 20.6. The van der Waals surface area contributed by atoms with Crippen molar-refractivity contribution < 1.29 is 44.3 Å². The zero-order valence-corrected chi connectivity index (χ0v) is 24.4. The number of nitrogens with two attached hydrogens (primary N) is 1. The van der Waals surface area contributed by atoms with Crippen LogP contribution in [0, 0.1) is 0 Å². The van der Waals surface area contributed by atoms with Crippen molar-refractivity contribution >= 4 is 38.2 Å². The van der Waals surface area contributed by atoms with Crippen LogP contribution in [0.2, 0.25) is 0 Å². The van der Waals surface area contributed by atoms with Gasteiger partial charge in [0.1, 0.15) is 12.4 Å². The quantitative estimate of drug-likeness (QED) is 0.275. The number of fused-ring (bicyclic) bond motifs is 1. The van der Waals surface area contributed by atoms with Gasteiger partial charge in [-0.05, 0) is 67.4 Å². The summed E-state index contributed by atoms with van der Waals surface area (Å²) in [5, 5.41) is 0.460. The lowest BCUT2D eigenvalue weighted by molar-refractivity contribution is -0.139. The van der Waals surface area contributed by atoms with Crippen LogP contribution in [0.3, 0.4) is 0 Å². The summed E-state index contributed by atoms with van der Waals surface area (Å²) in [6.45, 7) is 2.57. The van der Waals surface area contributed by atoms with Crippen LogP contribution in [0.25, 0.3) is 10.9 Å². The Morgan fingerprint density at radius 1 is 0.886 bits per heavy atom. The number of anilines is 2. The summed E-state index contributed by atoms with van der Waals surface area (Å²) in [6.07, 6.45) is 1.53. The molecule has 8 nitrogen and oxygen atoms in total. The number of pyridine rings is 1. The summed E-state index contributed by atoms with van der Waals surface area (Å²) in [7, 11) is -5.25. The molecule has 1 aromatic heterocycles. The zero-order chi connectivity index (χ0) is 32.1. The minimum absolute atomic E-state index is 0.0198. The first-order valence-corrected chi connectivity index (χ1v) is 15.4. The van der Waals surface area contributed by atoms with Crippen LogP contribution in [-0.2, 0) is 25.5 Å². The highest BCUT2D eigenvalue weighted by Gasteiger charge is 2.46. The summed E-state index contributed by atoms with van der Waals surface area (Å²) >= 11 is 0. The number of piperazine rings is 1. The van der Waals surface area contributed by atoms with E-state index in [4.69, 9.17) is 10.5 Å². The minimum atomic E-state index is -5.27. The first-order valence-electron chi connectivity index (χ1n) is 13.9. The number of nitrogen functional groups attached to an aromatic ring is 1. The molecule has 2 fully saturated rings. The highest BCUT2D eigenvalue weighted by atomic mass is 32.2. The van der Waals surface area contributed by atoms with Crippen molar-refractivity contribution in [2.45, 2.75) is 54.8 Å². The van der Waals surface area contributed by atoms with E-state index in [1.165, 1.54) is 25.3 Å². The second-order valence-electron chi connectivity index (χ2n) is 10.5. The van der Waals surface area contributed by atoms with Crippen molar-refractivity contribution in [3.8, 4) is 0 Å². The van der Waals surface area contributed by atoms with Crippen LogP contribution in [0.5, 0.6) is 0 Å². The molecule has 44 heavy (non-hydrogen) atoms. The summed E-state index contributed by atoms with van der Waals surface area (Å²) in [5.41, 5.74) is -0.0179. The molecule has 0 bridgehead atoms. The number of alkyl halides is 6. The van der Waals surface area contributed by atoms with E-state index in [0.29, 0.717) is 42.9 Å². The molecule has 0 radical (unpaired) electrons. The molecule has 5 rings (SSSR count). The average molecular weight is 647 g/mol. The topological polar surface area (TPSA) is 106 Å². The van der Waals surface area contributed by atoms with Gasteiger partial charge in [0.05, 0.1) is 22.1 Å². The number of hydrogen-bond donors (Lipinski definition) is 1. The molecule has 1 aliphatic heterocycles. The molecule has 1 saturated carbocycles. The fourth-order valence-corrected chi connectivity index (χ4v) is 5.71. The number of sulfone groups is 1. The maximum absolute atomic E-state index is 12.9. The van der Waals surface area contributed by atoms with Crippen molar-refractivity contribution in [1.29, 1.82) is 0 Å². The number of benzene rings is 2. The fourth-order valence-electron chi connectivity index (χ4n) is 4.95. The number of ether oxygens (including phenoxy) is 1. The van der Waals surface area contributed by atoms with Gasteiger partial charge in [-0.1, -0.05) is 19.3 Å². The predicted octanol–water partition coefficient (Wildman–Crippen LogP) is 5.81. The maximum atomic E-state index is 12.9. The van der Waals surface area contributed by atoms with E-state index in [1.54, 1.807) is 12.1 Å². The number of amides is 1. The summed E-state index contributed by atoms with van der Waals surface area (Å²) in [5.74, 6) is 0.735. The van der Waals surface area contributed by atoms with Crippen LogP contribution in [0.15, 0.2) is 59.5 Å². The molecule has 2 N–H and O–H groups in total. The molecular formula is C29H32F6N4O4S. The molecular weight excluding hydrogens is 614 g/mol. The first kappa shape index (κ1) is 33.3. The standard InChI is InChI=1S/C22H26F3N3O2.C7H6F3NO2S/c23-22(24,25)17-7-8-19-16(14-17)6-9-20(26-19)27-10-12-28(13-11-27)21(29)15-30-18-4-2-1-3-5-18;8-7(9,10)14(12,13)6-3-1-5(11)2-4-6/h6-9,14,18H,1-5,10-13,15H2;1-4H,11H2. The zero-order valence-electron chi connectivity index (χ0n) is 23.6. The second kappa shape index (κ2) is 13.6. The Morgan fingerprint density at radius 3 is 2.11 bits per heavy atom. The monoisotopic (exact) mass is 646 g/mol. The third-order valence-electron chi connectivity index (χ3n) is 7.45. The SMILES string of the molecule is Nc1ccc(S(=O)(=O)C(F)(F)F)cc1.O=C(COC1CCCCC1)N1CCN(c2ccc3cc(C(F)(F)F)ccc3n2)CC1. The number of carbonyl (C=O) groups excluding carboxylic acids is 1. The average Bonchev–Trinajstić information content (AvgIpc) is 2.99. The molecule has 15 heteroatoms. The van der Waals surface area contributed by atoms with E-state index in [-0.39, 0.29) is 24.3 Å². The largest absolute Gasteiger partial charge is 0.501 e. The molecule has 1 saturated heterocycles. The highest BCUT2D eigenvalue weighted by molar-refractivity contribution is 7.92. The van der Waals surface area contributed by atoms with Crippen LogP contribution in [-0.4, -0.2) is 68.6 Å². The number of hydrogen-bond acceptors (Lipinski definition) is 7. The summed E-state index contributed by atoms with van der Waals surface area (Å²) < 4.78 is 102. The van der Waals surface area contributed by atoms with Crippen LogP contribution in [0.4, 0.5) is 37.8 Å². The lowest BCUT2D eigenvalue weighted by Gasteiger charge is -2.35. The number of halogens is 6. The van der Waals surface area contributed by atoms with Gasteiger partial charge in [0.25, 0.3) is 9.84 Å². The third-order valence-corrected chi connectivity index (χ3v) is 8.95. The van der Waals surface area contributed by atoms with Gasteiger partial charge in [0.15, 0.2) is 0 Å². The van der Waals surface area contributed by atoms with Gasteiger partial charge >= 0.3 is 11.7 Å². The van der Waals surface area contributed by atoms with Gasteiger partial charge in [-0.25, -0.2) is 13.4 Å². The second-order valence-corrected chi connectivity index (χ2v) is 12.5. The van der Waals surface area contributed by atoms with Crippen molar-refractivity contribution in [1.82, 2.24) is 9.88 Å². The predicted molar refractivity (Wildman–Crippen MR) is 152 cm³/mol. The van der Waals surface area contributed by atoms with E-state index >= 15 is 0 Å². The molecule has 1 amide bonds. The molecule has 2 aliphatic rings. The van der Waals surface area contributed by atoms with Crippen LogP contribution < -0.4 is 10.6 Å². The van der Waals surface area contributed by atoms with Gasteiger partial charge in [0.2, 0.25) is 5.91 Å². The summed E-state index contributed by atoms with van der Waals surface area (Å²) in [6, 6.07) is 10.8. The van der Waals surface area contributed by atoms with Crippen molar-refractivity contribution in [2.24, 2.45) is 0 Å². The van der Waals surface area contributed by atoms with E-state index in [0.717, 1.165) is 49.2 Å². The Hall–Kier alpha value is -3.59. The third kappa shape index (κ3) is 8.31. The Bertz CT molecular complexity index is 1530. The van der Waals surface area contributed by atoms with Crippen LogP contribution in [0.1, 0.15) is 37.7 Å². The minimum Gasteiger partial charge on any atom is -0.399 e. The normalized spacial score (nSPS) is 16.9. The summed E-state index contributed by atoms with van der Waals surface area (Å²) in [4.78, 5) is 20.0. The van der Waals surface area contributed by atoms with Crippen molar-refractivity contribution in [3.63, 3.8) is 0 Å². The number of carbonyl (C=O) groups is 1. The van der Waals surface area contributed by atoms with Gasteiger partial charge in [-0.2, -0.15) is 26.3 Å². The molecule has 0 spiro atoms. The Kier molecular flexibility index (Phi) is 10.3. The molecule has 3 aromatic rings. The number of rotatable bonds is 5. The van der Waals surface area contributed by atoms with E-state index < -0.39 is 32.0 Å². The molecule has 0 unspecified atom stereocenters. The highest BCUT2D eigenvalue weighted by Crippen LogP contribution is 2.32. The molecule has 1 aliphatic carbocycles. The van der Waals surface area contributed by atoms with Crippen LogP contribution >= 0.6 is 0 Å². The van der Waals surface area contributed by atoms with Gasteiger partial charge in [-0.3, -0.25) is 4.79 Å². The Balaban J connectivity index is 0.000000265. The molecule has 0 atom stereocenters. The molecule has 240 valence electrons. The fraction of sp³-hybridized carbons (Fsp3) is 0.448. The van der Waals surface area contributed by atoms with Gasteiger partial charge < -0.3 is 20.3 Å². The molecule has 2 heterocycles. The van der Waals surface area contributed by atoms with Gasteiger partial charge in [-0.15, -0.1) is 0 Å². The van der Waals surface area contributed by atoms with E-state index in [9.17, 15) is 39.6 Å². The van der Waals surface area contributed by atoms with E-state index in [1.807, 2.05) is 4.90 Å². The Labute approximate surface area is 250 Å². The molecule has 2 aromatic carbocycles. The maximum Gasteiger partial charge on any atom is 0.501 e. The Morgan fingerprint density at radius 2 is 1.52 bits per heavy atom. The number of aromatic nitrogens is 1. The van der Waals surface area contributed by atoms with E-state index in [2.05, 4.69) is 9.88 Å². The lowest BCUT2D eigenvalue weighted by Crippen LogP contribution is -2.50.